The second-order valence-corrected chi connectivity index (χ2v) is 10.6. The number of nitrogens with two attached hydrogens (primary N) is 1. The van der Waals surface area contributed by atoms with E-state index in [0.29, 0.717) is 11.2 Å². The molecule has 4 rings (SSSR count). The van der Waals surface area contributed by atoms with Crippen molar-refractivity contribution in [3.8, 4) is 0 Å². The number of methoxy groups -OCH3 is 1. The summed E-state index contributed by atoms with van der Waals surface area (Å²) in [7, 11) is -2.99. The number of carbonyl (C=O) groups is 1. The van der Waals surface area contributed by atoms with Gasteiger partial charge in [-0.25, -0.2) is 24.6 Å². The van der Waals surface area contributed by atoms with Gasteiger partial charge in [0.25, 0.3) is 0 Å². The maximum absolute atomic E-state index is 13.9. The van der Waals surface area contributed by atoms with Gasteiger partial charge < -0.3 is 25.4 Å². The first-order chi connectivity index (χ1) is 17.5. The topological polar surface area (TPSA) is 193 Å². The maximum atomic E-state index is 13.9. The summed E-state index contributed by atoms with van der Waals surface area (Å²) in [5, 5.41) is 24.2. The highest BCUT2D eigenvalue weighted by Gasteiger charge is 2.49. The molecule has 0 aromatic carbocycles. The number of nitrogens with one attached hydrogen (secondary N) is 1. The Morgan fingerprint density at radius 3 is 2.65 bits per heavy atom. The number of hydrogen-bond acceptors (Lipinski definition) is 12. The van der Waals surface area contributed by atoms with Gasteiger partial charge in [0.15, 0.2) is 17.7 Å². The van der Waals surface area contributed by atoms with E-state index in [4.69, 9.17) is 24.3 Å². The van der Waals surface area contributed by atoms with Gasteiger partial charge >= 0.3 is 13.7 Å². The Morgan fingerprint density at radius 1 is 1.22 bits per heavy atom. The largest absolute Gasteiger partial charge is 0.468 e. The van der Waals surface area contributed by atoms with Gasteiger partial charge in [-0.2, -0.15) is 0 Å². The Morgan fingerprint density at radius 2 is 1.95 bits per heavy atom. The predicted octanol–water partition coefficient (Wildman–Crippen LogP) is 0.839. The number of carbonyl (C=O) groups excluding carboxylic acids is 1. The van der Waals surface area contributed by atoms with Crippen LogP contribution in [-0.4, -0.2) is 79.4 Å². The van der Waals surface area contributed by atoms with Crippen LogP contribution in [0.3, 0.4) is 0 Å². The van der Waals surface area contributed by atoms with Crippen molar-refractivity contribution < 1.29 is 38.1 Å². The molecule has 202 valence electrons. The van der Waals surface area contributed by atoms with Crippen molar-refractivity contribution in [3.05, 3.63) is 37.0 Å². The molecule has 37 heavy (non-hydrogen) atoms. The fourth-order valence-electron chi connectivity index (χ4n) is 4.18. The third kappa shape index (κ3) is 5.60. The van der Waals surface area contributed by atoms with Crippen LogP contribution in [0.2, 0.25) is 0 Å². The van der Waals surface area contributed by atoms with E-state index in [1.54, 1.807) is 12.2 Å². The SMILES string of the molecule is COC(=O)C(C)NP(=O)(OC(C)C1OC(n2cnc3c(N)ncnc32)C(O)C1O)OC1C=CC=CC1C. The van der Waals surface area contributed by atoms with Crippen LogP contribution in [0, 0.1) is 5.92 Å². The normalized spacial score (nSPS) is 30.8. The van der Waals surface area contributed by atoms with Crippen molar-refractivity contribution in [3.63, 3.8) is 0 Å². The van der Waals surface area contributed by atoms with E-state index in [1.807, 2.05) is 19.1 Å². The molecule has 2 aromatic heterocycles. The van der Waals surface area contributed by atoms with E-state index in [9.17, 15) is 19.6 Å². The minimum absolute atomic E-state index is 0.129. The van der Waals surface area contributed by atoms with Crippen LogP contribution >= 0.6 is 7.75 Å². The molecule has 0 amide bonds. The number of imidazole rings is 1. The van der Waals surface area contributed by atoms with Crippen LogP contribution < -0.4 is 10.8 Å². The zero-order valence-electron chi connectivity index (χ0n) is 20.7. The Hall–Kier alpha value is -2.71. The number of nitrogen functional groups attached to an aromatic ring is 1. The standard InChI is InChI=1S/C22H31N6O8P/c1-11-7-5-6-8-14(11)36-37(32,27-12(2)22(31)33-4)35-13(3)18-16(29)17(30)21(34-18)28-10-26-15-19(23)24-9-25-20(15)28/h5-14,16-18,21,29-30H,1-4H3,(H,27,32)(H2,23,24,25). The summed E-state index contributed by atoms with van der Waals surface area (Å²) in [6.45, 7) is 4.84. The van der Waals surface area contributed by atoms with Crippen LogP contribution in [-0.2, 0) is 27.9 Å². The molecule has 0 spiro atoms. The summed E-state index contributed by atoms with van der Waals surface area (Å²) in [5.41, 5.74) is 6.45. The van der Waals surface area contributed by atoms with Crippen molar-refractivity contribution in [1.82, 2.24) is 24.6 Å². The van der Waals surface area contributed by atoms with Crippen molar-refractivity contribution in [2.75, 3.05) is 12.8 Å². The summed E-state index contributed by atoms with van der Waals surface area (Å²) < 4.78 is 37.6. The van der Waals surface area contributed by atoms with Gasteiger partial charge in [0.2, 0.25) is 0 Å². The van der Waals surface area contributed by atoms with Gasteiger partial charge in [-0.1, -0.05) is 31.2 Å². The molecule has 3 heterocycles. The number of nitrogens with zero attached hydrogens (tertiary/aromatic N) is 4. The lowest BCUT2D eigenvalue weighted by Crippen LogP contribution is -2.41. The fourth-order valence-corrected chi connectivity index (χ4v) is 6.07. The molecule has 0 saturated carbocycles. The van der Waals surface area contributed by atoms with Crippen LogP contribution in [0.4, 0.5) is 5.82 Å². The third-order valence-electron chi connectivity index (χ3n) is 6.22. The first-order valence-corrected chi connectivity index (χ1v) is 13.2. The number of esters is 1. The Bertz CT molecular complexity index is 1240. The number of rotatable bonds is 9. The Kier molecular flexibility index (Phi) is 8.09. The monoisotopic (exact) mass is 538 g/mol. The number of aromatic nitrogens is 4. The first-order valence-electron chi connectivity index (χ1n) is 11.7. The number of anilines is 1. The predicted molar refractivity (Wildman–Crippen MR) is 131 cm³/mol. The molecule has 1 aliphatic heterocycles. The highest BCUT2D eigenvalue weighted by Crippen LogP contribution is 2.50. The van der Waals surface area contributed by atoms with E-state index >= 15 is 0 Å². The fraction of sp³-hybridized carbons (Fsp3) is 0.545. The molecule has 1 saturated heterocycles. The lowest BCUT2D eigenvalue weighted by atomic mass is 10.0. The number of aliphatic hydroxyl groups excluding tert-OH is 2. The van der Waals surface area contributed by atoms with E-state index in [2.05, 4.69) is 20.0 Å². The summed E-state index contributed by atoms with van der Waals surface area (Å²) in [4.78, 5) is 24.2. The third-order valence-corrected chi connectivity index (χ3v) is 8.05. The lowest BCUT2D eigenvalue weighted by Gasteiger charge is -2.31. The number of allylic oxidation sites excluding steroid dienone is 2. The number of fused-ring (bicyclic) bond motifs is 1. The number of ether oxygens (including phenoxy) is 2. The van der Waals surface area contributed by atoms with E-state index in [0.717, 1.165) is 0 Å². The minimum atomic E-state index is -4.19. The minimum Gasteiger partial charge on any atom is -0.468 e. The van der Waals surface area contributed by atoms with E-state index in [1.165, 1.54) is 38.2 Å². The molecule has 9 atom stereocenters. The molecular weight excluding hydrogens is 507 g/mol. The highest BCUT2D eigenvalue weighted by atomic mass is 31.2. The lowest BCUT2D eigenvalue weighted by molar-refractivity contribution is -0.142. The van der Waals surface area contributed by atoms with Crippen LogP contribution in [0.25, 0.3) is 11.2 Å². The van der Waals surface area contributed by atoms with Gasteiger partial charge in [-0.3, -0.25) is 18.4 Å². The van der Waals surface area contributed by atoms with Gasteiger partial charge in [-0.05, 0) is 13.8 Å². The summed E-state index contributed by atoms with van der Waals surface area (Å²) in [6, 6.07) is -1.03. The van der Waals surface area contributed by atoms with Gasteiger partial charge in [0.05, 0.1) is 25.6 Å². The average molecular weight is 538 g/mol. The van der Waals surface area contributed by atoms with E-state index in [-0.39, 0.29) is 11.7 Å². The Balaban J connectivity index is 1.55. The molecule has 15 heteroatoms. The van der Waals surface area contributed by atoms with Crippen molar-refractivity contribution in [2.24, 2.45) is 5.92 Å². The quantitative estimate of drug-likeness (QED) is 0.259. The number of hydrogen-bond donors (Lipinski definition) is 4. The second kappa shape index (κ2) is 11.0. The molecule has 0 radical (unpaired) electrons. The Labute approximate surface area is 213 Å². The van der Waals surface area contributed by atoms with E-state index < -0.39 is 56.5 Å². The van der Waals surface area contributed by atoms with Crippen molar-refractivity contribution in [2.45, 2.75) is 63.6 Å². The number of aliphatic hydroxyl groups is 2. The molecule has 1 fully saturated rings. The van der Waals surface area contributed by atoms with Gasteiger partial charge in [-0.15, -0.1) is 0 Å². The molecule has 2 aromatic rings. The maximum Gasteiger partial charge on any atom is 0.407 e. The molecule has 0 bridgehead atoms. The zero-order valence-corrected chi connectivity index (χ0v) is 21.6. The van der Waals surface area contributed by atoms with Gasteiger partial charge in [0.1, 0.15) is 36.2 Å². The van der Waals surface area contributed by atoms with Crippen LogP contribution in [0.15, 0.2) is 37.0 Å². The molecule has 5 N–H and O–H groups in total. The van der Waals surface area contributed by atoms with Crippen molar-refractivity contribution in [1.29, 1.82) is 0 Å². The zero-order chi connectivity index (χ0) is 26.9. The summed E-state index contributed by atoms with van der Waals surface area (Å²) in [5.74, 6) is -0.654. The molecule has 1 aliphatic carbocycles. The first kappa shape index (κ1) is 27.3. The summed E-state index contributed by atoms with van der Waals surface area (Å²) in [6.07, 6.45) is 3.04. The second-order valence-electron chi connectivity index (χ2n) is 8.94. The van der Waals surface area contributed by atoms with Gasteiger partial charge in [0, 0.05) is 5.92 Å². The van der Waals surface area contributed by atoms with Crippen molar-refractivity contribution >= 4 is 30.7 Å². The summed E-state index contributed by atoms with van der Waals surface area (Å²) >= 11 is 0. The molecule has 2 aliphatic rings. The smallest absolute Gasteiger partial charge is 0.407 e. The van der Waals surface area contributed by atoms with Crippen LogP contribution in [0.1, 0.15) is 27.0 Å². The molecular formula is C22H31N6O8P. The van der Waals surface area contributed by atoms with Crippen LogP contribution in [0.5, 0.6) is 0 Å². The molecule has 9 unspecified atom stereocenters. The molecule has 14 nitrogen and oxygen atoms in total. The average Bonchev–Trinajstić information content (AvgIpc) is 3.41. The highest BCUT2D eigenvalue weighted by molar-refractivity contribution is 7.51.